The smallest absolute Gasteiger partial charge is 0.336 e. The van der Waals surface area contributed by atoms with Crippen LogP contribution in [0.25, 0.3) is 0 Å². The lowest BCUT2D eigenvalue weighted by molar-refractivity contribution is -0.140. The summed E-state index contributed by atoms with van der Waals surface area (Å²) in [5.74, 6) is -2.17. The Bertz CT molecular complexity index is 536. The Morgan fingerprint density at radius 2 is 1.81 bits per heavy atom. The SMILES string of the molecule is CC1CN(C(=O)c2cccc(C(F)(F)F)c2F)CC(C)S1. The van der Waals surface area contributed by atoms with E-state index < -0.39 is 29.0 Å². The molecule has 1 amide bonds. The second kappa shape index (κ2) is 5.87. The molecule has 7 heteroatoms. The van der Waals surface area contributed by atoms with Gasteiger partial charge < -0.3 is 4.90 Å². The van der Waals surface area contributed by atoms with Gasteiger partial charge in [-0.3, -0.25) is 4.79 Å². The number of alkyl halides is 3. The van der Waals surface area contributed by atoms with Crippen molar-refractivity contribution in [3.8, 4) is 0 Å². The van der Waals surface area contributed by atoms with Crippen LogP contribution in [0.1, 0.15) is 29.8 Å². The summed E-state index contributed by atoms with van der Waals surface area (Å²) in [5.41, 5.74) is -1.92. The lowest BCUT2D eigenvalue weighted by Gasteiger charge is -2.34. The van der Waals surface area contributed by atoms with Crippen LogP contribution in [0.5, 0.6) is 0 Å². The Morgan fingerprint density at radius 1 is 1.24 bits per heavy atom. The van der Waals surface area contributed by atoms with Crippen LogP contribution in [-0.2, 0) is 6.18 Å². The number of carbonyl (C=O) groups is 1. The first-order valence-corrected chi connectivity index (χ1v) is 7.45. The lowest BCUT2D eigenvalue weighted by atomic mass is 10.1. The normalized spacial score (nSPS) is 23.2. The predicted molar refractivity (Wildman–Crippen MR) is 73.8 cm³/mol. The van der Waals surface area contributed by atoms with Crippen LogP contribution in [0.4, 0.5) is 17.6 Å². The van der Waals surface area contributed by atoms with Gasteiger partial charge in [0.1, 0.15) is 5.82 Å². The third-order valence-electron chi connectivity index (χ3n) is 3.24. The first-order valence-electron chi connectivity index (χ1n) is 6.50. The topological polar surface area (TPSA) is 20.3 Å². The summed E-state index contributed by atoms with van der Waals surface area (Å²) in [6.45, 7) is 4.68. The van der Waals surface area contributed by atoms with Gasteiger partial charge in [-0.2, -0.15) is 24.9 Å². The Kier molecular flexibility index (Phi) is 4.51. The number of benzene rings is 1. The van der Waals surface area contributed by atoms with Crippen molar-refractivity contribution in [1.82, 2.24) is 4.90 Å². The van der Waals surface area contributed by atoms with Gasteiger partial charge in [0.25, 0.3) is 5.91 Å². The minimum Gasteiger partial charge on any atom is -0.336 e. The van der Waals surface area contributed by atoms with Crippen molar-refractivity contribution >= 4 is 17.7 Å². The van der Waals surface area contributed by atoms with E-state index in [0.717, 1.165) is 12.1 Å². The summed E-state index contributed by atoms with van der Waals surface area (Å²) in [6, 6.07) is 2.80. The molecule has 0 N–H and O–H groups in total. The van der Waals surface area contributed by atoms with Crippen molar-refractivity contribution in [2.24, 2.45) is 0 Å². The van der Waals surface area contributed by atoms with Gasteiger partial charge in [0.2, 0.25) is 0 Å². The van der Waals surface area contributed by atoms with E-state index in [1.165, 1.54) is 4.90 Å². The maximum absolute atomic E-state index is 14.0. The fourth-order valence-electron chi connectivity index (χ4n) is 2.43. The van der Waals surface area contributed by atoms with Crippen LogP contribution in [0, 0.1) is 5.82 Å². The maximum Gasteiger partial charge on any atom is 0.419 e. The molecule has 1 aliphatic rings. The van der Waals surface area contributed by atoms with Crippen LogP contribution in [0.2, 0.25) is 0 Å². The van der Waals surface area contributed by atoms with Crippen LogP contribution < -0.4 is 0 Å². The Hall–Kier alpha value is -1.24. The summed E-state index contributed by atoms with van der Waals surface area (Å²) in [6.07, 6.45) is -4.81. The van der Waals surface area contributed by atoms with E-state index in [2.05, 4.69) is 0 Å². The molecule has 2 rings (SSSR count). The number of carbonyl (C=O) groups excluding carboxylic acids is 1. The van der Waals surface area contributed by atoms with Crippen LogP contribution in [-0.4, -0.2) is 34.4 Å². The highest BCUT2D eigenvalue weighted by atomic mass is 32.2. The molecule has 1 heterocycles. The molecule has 0 aromatic heterocycles. The van der Waals surface area contributed by atoms with E-state index in [0.29, 0.717) is 19.2 Å². The number of amides is 1. The van der Waals surface area contributed by atoms with E-state index in [-0.39, 0.29) is 10.5 Å². The molecule has 116 valence electrons. The zero-order chi connectivity index (χ0) is 15.8. The highest BCUT2D eigenvalue weighted by Crippen LogP contribution is 2.33. The maximum atomic E-state index is 14.0. The van der Waals surface area contributed by atoms with E-state index >= 15 is 0 Å². The monoisotopic (exact) mass is 321 g/mol. The van der Waals surface area contributed by atoms with Crippen molar-refractivity contribution < 1.29 is 22.4 Å². The Morgan fingerprint density at radius 3 is 2.33 bits per heavy atom. The number of hydrogen-bond donors (Lipinski definition) is 0. The second-order valence-corrected chi connectivity index (χ2v) is 7.01. The average molecular weight is 321 g/mol. The average Bonchev–Trinajstić information content (AvgIpc) is 2.35. The predicted octanol–water partition coefficient (Wildman–Crippen LogP) is 3.81. The Labute approximate surface area is 124 Å². The van der Waals surface area contributed by atoms with E-state index in [1.807, 2.05) is 13.8 Å². The molecule has 1 aromatic rings. The summed E-state index contributed by atoms with van der Waals surface area (Å²) >= 11 is 1.70. The molecule has 0 saturated carbocycles. The highest BCUT2D eigenvalue weighted by Gasteiger charge is 2.37. The van der Waals surface area contributed by atoms with Crippen molar-refractivity contribution in [2.75, 3.05) is 13.1 Å². The summed E-state index contributed by atoms with van der Waals surface area (Å²) in [5, 5.41) is 0.345. The molecule has 2 unspecified atom stereocenters. The molecular formula is C14H15F4NOS. The number of halogens is 4. The molecule has 2 atom stereocenters. The fourth-order valence-corrected chi connectivity index (χ4v) is 3.76. The fraction of sp³-hybridized carbons (Fsp3) is 0.500. The van der Waals surface area contributed by atoms with Crippen LogP contribution in [0.3, 0.4) is 0 Å². The number of rotatable bonds is 1. The van der Waals surface area contributed by atoms with E-state index in [1.54, 1.807) is 11.8 Å². The van der Waals surface area contributed by atoms with Gasteiger partial charge in [-0.25, -0.2) is 4.39 Å². The third kappa shape index (κ3) is 3.51. The molecule has 1 aromatic carbocycles. The van der Waals surface area contributed by atoms with Gasteiger partial charge in [-0.15, -0.1) is 0 Å². The van der Waals surface area contributed by atoms with Crippen molar-refractivity contribution in [2.45, 2.75) is 30.5 Å². The number of thioether (sulfide) groups is 1. The van der Waals surface area contributed by atoms with Gasteiger partial charge in [-0.1, -0.05) is 19.9 Å². The molecule has 0 bridgehead atoms. The molecule has 2 nitrogen and oxygen atoms in total. The molecule has 21 heavy (non-hydrogen) atoms. The van der Waals surface area contributed by atoms with Gasteiger partial charge in [0.05, 0.1) is 11.1 Å². The molecule has 1 fully saturated rings. The van der Waals surface area contributed by atoms with Gasteiger partial charge in [-0.05, 0) is 12.1 Å². The Balaban J connectivity index is 2.32. The number of hydrogen-bond acceptors (Lipinski definition) is 2. The molecule has 0 spiro atoms. The second-order valence-electron chi connectivity index (χ2n) is 5.13. The van der Waals surface area contributed by atoms with Crippen molar-refractivity contribution in [1.29, 1.82) is 0 Å². The lowest BCUT2D eigenvalue weighted by Crippen LogP contribution is -2.44. The summed E-state index contributed by atoms with van der Waals surface area (Å²) in [4.78, 5) is 13.7. The van der Waals surface area contributed by atoms with Crippen LogP contribution in [0.15, 0.2) is 18.2 Å². The third-order valence-corrected chi connectivity index (χ3v) is 4.47. The quantitative estimate of drug-likeness (QED) is 0.733. The summed E-state index contributed by atoms with van der Waals surface area (Å²) in [7, 11) is 0. The number of nitrogens with zero attached hydrogens (tertiary/aromatic N) is 1. The standard InChI is InChI=1S/C14H15F4NOS/c1-8-6-19(7-9(2)21-8)13(20)10-4-3-5-11(12(10)15)14(16,17)18/h3-5,8-9H,6-7H2,1-2H3. The molecule has 0 radical (unpaired) electrons. The van der Waals surface area contributed by atoms with Crippen molar-refractivity contribution in [3.05, 3.63) is 35.1 Å². The van der Waals surface area contributed by atoms with Gasteiger partial charge in [0.15, 0.2) is 0 Å². The molecule has 1 aliphatic heterocycles. The molecule has 1 saturated heterocycles. The molecule has 0 aliphatic carbocycles. The van der Waals surface area contributed by atoms with E-state index in [9.17, 15) is 22.4 Å². The van der Waals surface area contributed by atoms with Gasteiger partial charge in [0, 0.05) is 23.6 Å². The van der Waals surface area contributed by atoms with Gasteiger partial charge >= 0.3 is 6.18 Å². The van der Waals surface area contributed by atoms with Crippen molar-refractivity contribution in [3.63, 3.8) is 0 Å². The van der Waals surface area contributed by atoms with E-state index in [4.69, 9.17) is 0 Å². The molecular weight excluding hydrogens is 306 g/mol. The largest absolute Gasteiger partial charge is 0.419 e. The minimum absolute atomic E-state index is 0.173. The zero-order valence-electron chi connectivity index (χ0n) is 11.6. The zero-order valence-corrected chi connectivity index (χ0v) is 12.4. The minimum atomic E-state index is -4.81. The first-order chi connectivity index (χ1) is 9.70. The highest BCUT2D eigenvalue weighted by molar-refractivity contribution is 8.00. The first kappa shape index (κ1) is 16.1. The summed E-state index contributed by atoms with van der Waals surface area (Å²) < 4.78 is 52.1. The van der Waals surface area contributed by atoms with Crippen LogP contribution >= 0.6 is 11.8 Å².